The van der Waals surface area contributed by atoms with Gasteiger partial charge in [0.15, 0.2) is 5.78 Å². The summed E-state index contributed by atoms with van der Waals surface area (Å²) in [5.41, 5.74) is 0.485. The number of aliphatic hydroxyl groups excluding tert-OH is 1. The Morgan fingerprint density at radius 1 is 1.55 bits per heavy atom. The largest absolute Gasteiger partial charge is 0.515 e. The quantitative estimate of drug-likeness (QED) is 0.488. The zero-order valence-corrected chi connectivity index (χ0v) is 7.29. The lowest BCUT2D eigenvalue weighted by atomic mass is 10.1. The number of carbonyl (C=O) groups excluding carboxylic acids is 1. The molecule has 3 nitrogen and oxygen atoms in total. The molecule has 0 atom stereocenters. The molecule has 0 unspecified atom stereocenters. The Hall–Kier alpha value is -0.830. The molecule has 0 saturated carbocycles. The molecule has 0 amide bonds. The minimum Gasteiger partial charge on any atom is -0.515 e. The Kier molecular flexibility index (Phi) is 4.54. The number of hydrogen-bond acceptors (Lipinski definition) is 3. The maximum atomic E-state index is 11.1. The van der Waals surface area contributed by atoms with Crippen LogP contribution in [0.2, 0.25) is 0 Å². The molecular formula is C8H15NO2. The molecule has 11 heavy (non-hydrogen) atoms. The third kappa shape index (κ3) is 3.78. The van der Waals surface area contributed by atoms with Crippen molar-refractivity contribution < 1.29 is 9.90 Å². The van der Waals surface area contributed by atoms with Crippen LogP contribution in [0.5, 0.6) is 0 Å². The van der Waals surface area contributed by atoms with Crippen molar-refractivity contribution in [3.63, 3.8) is 0 Å². The molecular weight excluding hydrogens is 142 g/mol. The second-order valence-corrected chi connectivity index (χ2v) is 2.67. The highest BCUT2D eigenvalue weighted by Gasteiger charge is 2.07. The lowest BCUT2D eigenvalue weighted by molar-refractivity contribution is -0.116. The van der Waals surface area contributed by atoms with E-state index in [4.69, 9.17) is 5.11 Å². The molecule has 0 aliphatic heterocycles. The van der Waals surface area contributed by atoms with Crippen LogP contribution in [0.25, 0.3) is 0 Å². The van der Waals surface area contributed by atoms with Crippen molar-refractivity contribution >= 4 is 5.78 Å². The number of nitrogens with zero attached hydrogens (tertiary/aromatic N) is 1. The minimum absolute atomic E-state index is 0.0139. The number of ketones is 1. The van der Waals surface area contributed by atoms with Crippen molar-refractivity contribution in [2.24, 2.45) is 0 Å². The van der Waals surface area contributed by atoms with Gasteiger partial charge in [-0.1, -0.05) is 6.92 Å². The minimum atomic E-state index is -0.0139. The summed E-state index contributed by atoms with van der Waals surface area (Å²) in [5, 5.41) is 8.61. The molecule has 1 N–H and O–H groups in total. The Balaban J connectivity index is 4.02. The van der Waals surface area contributed by atoms with Gasteiger partial charge in [-0.15, -0.1) is 0 Å². The van der Waals surface area contributed by atoms with Crippen LogP contribution in [-0.2, 0) is 4.79 Å². The molecule has 0 aromatic heterocycles. The average Bonchev–Trinajstić information content (AvgIpc) is 1.88. The van der Waals surface area contributed by atoms with Gasteiger partial charge in [0, 0.05) is 5.57 Å². The number of likely N-dealkylation sites (N-methyl/N-ethyl adjacent to an activating group) is 1. The van der Waals surface area contributed by atoms with Gasteiger partial charge in [-0.2, -0.15) is 0 Å². The third-order valence-corrected chi connectivity index (χ3v) is 1.35. The molecule has 0 aliphatic carbocycles. The van der Waals surface area contributed by atoms with Gasteiger partial charge in [0.05, 0.1) is 12.8 Å². The highest BCUT2D eigenvalue weighted by atomic mass is 16.2. The number of hydrogen-bond donors (Lipinski definition) is 1. The summed E-state index contributed by atoms with van der Waals surface area (Å²) in [6.45, 7) is 2.20. The fourth-order valence-electron chi connectivity index (χ4n) is 0.749. The average molecular weight is 157 g/mol. The number of rotatable bonds is 4. The fraction of sp³-hybridized carbons (Fsp3) is 0.625. The van der Waals surface area contributed by atoms with E-state index in [1.54, 1.807) is 4.90 Å². The smallest absolute Gasteiger partial charge is 0.175 e. The first-order valence-corrected chi connectivity index (χ1v) is 3.63. The molecule has 0 aromatic rings. The van der Waals surface area contributed by atoms with Crippen LogP contribution in [0.15, 0.2) is 11.8 Å². The summed E-state index contributed by atoms with van der Waals surface area (Å²) in [6.07, 6.45) is 1.48. The highest BCUT2D eigenvalue weighted by Crippen LogP contribution is 2.00. The van der Waals surface area contributed by atoms with E-state index in [2.05, 4.69) is 0 Å². The van der Waals surface area contributed by atoms with Crippen molar-refractivity contribution in [1.82, 2.24) is 4.90 Å². The van der Waals surface area contributed by atoms with Crippen LogP contribution in [-0.4, -0.2) is 36.4 Å². The first-order valence-electron chi connectivity index (χ1n) is 3.63. The Morgan fingerprint density at radius 2 is 2.09 bits per heavy atom. The first kappa shape index (κ1) is 10.2. The predicted molar refractivity (Wildman–Crippen MR) is 44.6 cm³/mol. The van der Waals surface area contributed by atoms with E-state index in [-0.39, 0.29) is 5.78 Å². The first-order chi connectivity index (χ1) is 5.11. The van der Waals surface area contributed by atoms with Gasteiger partial charge in [-0.25, -0.2) is 0 Å². The van der Waals surface area contributed by atoms with Crippen LogP contribution >= 0.6 is 0 Å². The van der Waals surface area contributed by atoms with Crippen molar-refractivity contribution in [2.45, 2.75) is 13.3 Å². The van der Waals surface area contributed by atoms with E-state index in [0.29, 0.717) is 18.5 Å². The van der Waals surface area contributed by atoms with Gasteiger partial charge in [-0.3, -0.25) is 4.79 Å². The van der Waals surface area contributed by atoms with Crippen LogP contribution in [0.1, 0.15) is 13.3 Å². The van der Waals surface area contributed by atoms with Crippen molar-refractivity contribution in [2.75, 3.05) is 20.6 Å². The SMILES string of the molecule is CC/C(=C\O)C(=O)CN(C)C. The molecule has 0 saturated heterocycles. The number of carbonyl (C=O) groups is 1. The van der Waals surface area contributed by atoms with E-state index in [1.807, 2.05) is 21.0 Å². The zero-order chi connectivity index (χ0) is 8.85. The molecule has 0 aliphatic rings. The van der Waals surface area contributed by atoms with Crippen molar-refractivity contribution in [3.8, 4) is 0 Å². The maximum Gasteiger partial charge on any atom is 0.175 e. The summed E-state index contributed by atoms with van der Waals surface area (Å²) >= 11 is 0. The molecule has 0 rings (SSSR count). The summed E-state index contributed by atoms with van der Waals surface area (Å²) in [6, 6.07) is 0. The third-order valence-electron chi connectivity index (χ3n) is 1.35. The van der Waals surface area contributed by atoms with E-state index in [0.717, 1.165) is 6.26 Å². The number of Topliss-reactive ketones (excluding diaryl/α,β-unsaturated/α-hetero) is 1. The van der Waals surface area contributed by atoms with E-state index >= 15 is 0 Å². The van der Waals surface area contributed by atoms with Gasteiger partial charge < -0.3 is 10.0 Å². The van der Waals surface area contributed by atoms with Gasteiger partial charge >= 0.3 is 0 Å². The summed E-state index contributed by atoms with van der Waals surface area (Å²) in [5.74, 6) is -0.0139. The van der Waals surface area contributed by atoms with Gasteiger partial charge in [-0.05, 0) is 20.5 Å². The second-order valence-electron chi connectivity index (χ2n) is 2.67. The lowest BCUT2D eigenvalue weighted by Crippen LogP contribution is -2.22. The molecule has 64 valence electrons. The van der Waals surface area contributed by atoms with E-state index < -0.39 is 0 Å². The zero-order valence-electron chi connectivity index (χ0n) is 7.29. The highest BCUT2D eigenvalue weighted by molar-refractivity contribution is 5.96. The molecule has 0 fully saturated rings. The summed E-state index contributed by atoms with van der Waals surface area (Å²) in [4.78, 5) is 12.9. The van der Waals surface area contributed by atoms with Crippen LogP contribution in [0, 0.1) is 0 Å². The summed E-state index contributed by atoms with van der Waals surface area (Å²) in [7, 11) is 3.64. The maximum absolute atomic E-state index is 11.1. The van der Waals surface area contributed by atoms with Crippen LogP contribution in [0.4, 0.5) is 0 Å². The van der Waals surface area contributed by atoms with Crippen molar-refractivity contribution in [3.05, 3.63) is 11.8 Å². The lowest BCUT2D eigenvalue weighted by Gasteiger charge is -2.08. The van der Waals surface area contributed by atoms with E-state index in [1.165, 1.54) is 0 Å². The Labute approximate surface area is 67.3 Å². The number of aliphatic hydroxyl groups is 1. The van der Waals surface area contributed by atoms with Gasteiger partial charge in [0.1, 0.15) is 0 Å². The fourth-order valence-corrected chi connectivity index (χ4v) is 0.749. The second kappa shape index (κ2) is 4.91. The van der Waals surface area contributed by atoms with Crippen LogP contribution < -0.4 is 0 Å². The van der Waals surface area contributed by atoms with Crippen molar-refractivity contribution in [1.29, 1.82) is 0 Å². The van der Waals surface area contributed by atoms with Gasteiger partial charge in [0.25, 0.3) is 0 Å². The summed E-state index contributed by atoms with van der Waals surface area (Å²) < 4.78 is 0. The van der Waals surface area contributed by atoms with Gasteiger partial charge in [0.2, 0.25) is 0 Å². The Bertz CT molecular complexity index is 161. The molecule has 0 aromatic carbocycles. The standard InChI is InChI=1S/C8H15NO2/c1-4-7(6-10)8(11)5-9(2)3/h6,10H,4-5H2,1-3H3/b7-6+. The molecule has 0 radical (unpaired) electrons. The van der Waals surface area contributed by atoms with E-state index in [9.17, 15) is 4.79 Å². The Morgan fingerprint density at radius 3 is 2.36 bits per heavy atom. The predicted octanol–water partition coefficient (Wildman–Crippen LogP) is 0.969. The normalized spacial score (nSPS) is 12.2. The molecule has 3 heteroatoms. The molecule has 0 bridgehead atoms. The van der Waals surface area contributed by atoms with Crippen LogP contribution in [0.3, 0.4) is 0 Å². The molecule has 0 heterocycles. The monoisotopic (exact) mass is 157 g/mol. The topological polar surface area (TPSA) is 40.5 Å². The molecule has 0 spiro atoms.